The van der Waals surface area contributed by atoms with Gasteiger partial charge in [-0.25, -0.2) is 15.0 Å². The molecule has 4 aromatic rings. The van der Waals surface area contributed by atoms with Gasteiger partial charge in [0, 0.05) is 31.7 Å². The number of pyridine rings is 1. The first kappa shape index (κ1) is 17.0. The van der Waals surface area contributed by atoms with Gasteiger partial charge in [0.2, 0.25) is 5.95 Å². The molecule has 0 N–H and O–H groups in total. The number of anilines is 1. The smallest absolute Gasteiger partial charge is 0.211 e. The van der Waals surface area contributed by atoms with Gasteiger partial charge in [0.25, 0.3) is 0 Å². The zero-order valence-electron chi connectivity index (χ0n) is 16.9. The highest BCUT2D eigenvalue weighted by Crippen LogP contribution is 2.46. The fraction of sp³-hybridized carbons (Fsp3) is 0.435. The van der Waals surface area contributed by atoms with Crippen LogP contribution in [0.2, 0.25) is 0 Å². The van der Waals surface area contributed by atoms with Crippen LogP contribution in [0.4, 0.5) is 5.95 Å². The van der Waals surface area contributed by atoms with Crippen molar-refractivity contribution in [3.63, 3.8) is 0 Å². The number of aryl methyl sites for hydroxylation is 1. The van der Waals surface area contributed by atoms with E-state index in [-0.39, 0.29) is 0 Å². The van der Waals surface area contributed by atoms with Gasteiger partial charge in [-0.2, -0.15) is 0 Å². The lowest BCUT2D eigenvalue weighted by atomic mass is 9.77. The highest BCUT2D eigenvalue weighted by Gasteiger charge is 2.37. The largest absolute Gasteiger partial charge is 0.342 e. The van der Waals surface area contributed by atoms with Crippen molar-refractivity contribution >= 4 is 17.2 Å². The van der Waals surface area contributed by atoms with E-state index in [0.717, 1.165) is 47.3 Å². The van der Waals surface area contributed by atoms with Crippen LogP contribution in [0.1, 0.15) is 44.2 Å². The van der Waals surface area contributed by atoms with Crippen LogP contribution in [0.5, 0.6) is 0 Å². The van der Waals surface area contributed by atoms with Crippen molar-refractivity contribution in [2.75, 3.05) is 18.0 Å². The molecule has 2 fully saturated rings. The number of fused-ring (bicyclic) bond motifs is 2. The molecule has 1 spiro atoms. The molecular formula is C23H26N6. The fourth-order valence-electron chi connectivity index (χ4n) is 5.52. The van der Waals surface area contributed by atoms with Crippen molar-refractivity contribution < 1.29 is 0 Å². The van der Waals surface area contributed by atoms with Crippen molar-refractivity contribution in [1.82, 2.24) is 23.8 Å². The summed E-state index contributed by atoms with van der Waals surface area (Å²) in [5, 5.41) is 0. The number of imidazole rings is 2. The SMILES string of the molecule is Cc1nc(N2CCC3(CCCC3)CC2)n2ccnc2c1-c1cnc2ccccn12. The highest BCUT2D eigenvalue weighted by atomic mass is 15.3. The third-order valence-electron chi connectivity index (χ3n) is 7.15. The number of rotatable bonds is 2. The second-order valence-electron chi connectivity index (χ2n) is 8.76. The van der Waals surface area contributed by atoms with Crippen LogP contribution < -0.4 is 4.90 Å². The molecule has 1 saturated heterocycles. The number of piperidine rings is 1. The van der Waals surface area contributed by atoms with Crippen LogP contribution in [-0.4, -0.2) is 36.8 Å². The minimum atomic E-state index is 0.607. The standard InChI is InChI=1S/C23H26N6/c1-17-20(18-16-25-19-6-2-5-12-28(18)19)21-24-11-15-29(21)22(26-17)27-13-9-23(10-14-27)7-3-4-8-23/h2,5-6,11-12,15-16H,3-4,7-10,13-14H2,1H3. The van der Waals surface area contributed by atoms with E-state index in [2.05, 4.69) is 31.8 Å². The van der Waals surface area contributed by atoms with Gasteiger partial charge in [-0.15, -0.1) is 0 Å². The summed E-state index contributed by atoms with van der Waals surface area (Å²) >= 11 is 0. The quantitative estimate of drug-likeness (QED) is 0.508. The van der Waals surface area contributed by atoms with Crippen molar-refractivity contribution in [1.29, 1.82) is 0 Å². The molecule has 0 aromatic carbocycles. The summed E-state index contributed by atoms with van der Waals surface area (Å²) in [4.78, 5) is 16.8. The van der Waals surface area contributed by atoms with E-state index in [1.165, 1.54) is 38.5 Å². The average Bonchev–Trinajstić information content (AvgIpc) is 3.49. The zero-order chi connectivity index (χ0) is 19.4. The summed E-state index contributed by atoms with van der Waals surface area (Å²) in [6.45, 7) is 4.28. The van der Waals surface area contributed by atoms with E-state index in [4.69, 9.17) is 9.97 Å². The Bertz CT molecular complexity index is 1190. The summed E-state index contributed by atoms with van der Waals surface area (Å²) in [7, 11) is 0. The van der Waals surface area contributed by atoms with E-state index in [1.807, 2.05) is 36.8 Å². The Hall–Kier alpha value is -2.89. The predicted molar refractivity (Wildman–Crippen MR) is 114 cm³/mol. The molecule has 0 atom stereocenters. The molecule has 29 heavy (non-hydrogen) atoms. The molecule has 6 heteroatoms. The number of nitrogens with zero attached hydrogens (tertiary/aromatic N) is 6. The maximum absolute atomic E-state index is 5.08. The second-order valence-corrected chi connectivity index (χ2v) is 8.76. The molecule has 1 aliphatic heterocycles. The van der Waals surface area contributed by atoms with Crippen molar-refractivity contribution in [3.8, 4) is 11.3 Å². The molecule has 148 valence electrons. The maximum atomic E-state index is 5.08. The molecule has 0 bridgehead atoms. The van der Waals surface area contributed by atoms with E-state index in [9.17, 15) is 0 Å². The van der Waals surface area contributed by atoms with Gasteiger partial charge >= 0.3 is 0 Å². The summed E-state index contributed by atoms with van der Waals surface area (Å²) < 4.78 is 4.28. The van der Waals surface area contributed by atoms with Gasteiger partial charge in [0.15, 0.2) is 5.65 Å². The van der Waals surface area contributed by atoms with Gasteiger partial charge in [-0.05, 0) is 50.2 Å². The van der Waals surface area contributed by atoms with Crippen LogP contribution in [0.25, 0.3) is 22.6 Å². The minimum absolute atomic E-state index is 0.607. The van der Waals surface area contributed by atoms with E-state index in [1.54, 1.807) is 0 Å². The molecule has 6 rings (SSSR count). The lowest BCUT2D eigenvalue weighted by molar-refractivity contribution is 0.225. The van der Waals surface area contributed by atoms with Crippen molar-refractivity contribution in [2.24, 2.45) is 5.41 Å². The Labute approximate surface area is 170 Å². The topological polar surface area (TPSA) is 50.7 Å². The van der Waals surface area contributed by atoms with Crippen LogP contribution in [0, 0.1) is 12.3 Å². The Morgan fingerprint density at radius 3 is 2.59 bits per heavy atom. The van der Waals surface area contributed by atoms with Crippen LogP contribution >= 0.6 is 0 Å². The van der Waals surface area contributed by atoms with Gasteiger partial charge < -0.3 is 4.90 Å². The first-order chi connectivity index (χ1) is 14.2. The molecule has 4 aromatic heterocycles. The Morgan fingerprint density at radius 1 is 0.931 bits per heavy atom. The molecule has 0 unspecified atom stereocenters. The number of hydrogen-bond acceptors (Lipinski definition) is 4. The number of hydrogen-bond donors (Lipinski definition) is 0. The van der Waals surface area contributed by atoms with Gasteiger partial charge in [-0.1, -0.05) is 18.9 Å². The average molecular weight is 387 g/mol. The summed E-state index contributed by atoms with van der Waals surface area (Å²) in [5.41, 5.74) is 5.60. The second kappa shape index (κ2) is 6.31. The fourth-order valence-corrected chi connectivity index (χ4v) is 5.52. The van der Waals surface area contributed by atoms with E-state index >= 15 is 0 Å². The lowest BCUT2D eigenvalue weighted by Crippen LogP contribution is -2.40. The minimum Gasteiger partial charge on any atom is -0.342 e. The van der Waals surface area contributed by atoms with Crippen molar-refractivity contribution in [2.45, 2.75) is 45.4 Å². The maximum Gasteiger partial charge on any atom is 0.211 e. The van der Waals surface area contributed by atoms with Gasteiger partial charge in [0.05, 0.1) is 23.1 Å². The van der Waals surface area contributed by atoms with Crippen molar-refractivity contribution in [3.05, 3.63) is 48.7 Å². The highest BCUT2D eigenvalue weighted by molar-refractivity contribution is 5.80. The van der Waals surface area contributed by atoms with Crippen LogP contribution in [0.15, 0.2) is 43.0 Å². The van der Waals surface area contributed by atoms with Gasteiger partial charge in [-0.3, -0.25) is 8.80 Å². The Morgan fingerprint density at radius 2 is 1.76 bits per heavy atom. The summed E-state index contributed by atoms with van der Waals surface area (Å²) in [6, 6.07) is 6.07. The summed E-state index contributed by atoms with van der Waals surface area (Å²) in [6.07, 6.45) is 16.2. The predicted octanol–water partition coefficient (Wildman–Crippen LogP) is 4.51. The Balaban J connectivity index is 1.43. The molecule has 1 saturated carbocycles. The molecule has 5 heterocycles. The third-order valence-corrected chi connectivity index (χ3v) is 7.15. The monoisotopic (exact) mass is 386 g/mol. The lowest BCUT2D eigenvalue weighted by Gasteiger charge is -2.40. The third kappa shape index (κ3) is 2.58. The molecular weight excluding hydrogens is 360 g/mol. The normalized spacial score (nSPS) is 19.0. The molecule has 2 aliphatic rings. The summed E-state index contributed by atoms with van der Waals surface area (Å²) in [5.74, 6) is 1.03. The zero-order valence-corrected chi connectivity index (χ0v) is 16.9. The molecule has 1 aliphatic carbocycles. The number of aromatic nitrogens is 5. The molecule has 0 radical (unpaired) electrons. The molecule has 0 amide bonds. The van der Waals surface area contributed by atoms with Gasteiger partial charge in [0.1, 0.15) is 5.65 Å². The van der Waals surface area contributed by atoms with Crippen LogP contribution in [-0.2, 0) is 0 Å². The molecule has 6 nitrogen and oxygen atoms in total. The van der Waals surface area contributed by atoms with Crippen LogP contribution in [0.3, 0.4) is 0 Å². The Kier molecular flexibility index (Phi) is 3.70. The van der Waals surface area contributed by atoms with E-state index < -0.39 is 0 Å². The first-order valence-corrected chi connectivity index (χ1v) is 10.8. The first-order valence-electron chi connectivity index (χ1n) is 10.8. The van der Waals surface area contributed by atoms with E-state index in [0.29, 0.717) is 5.41 Å².